The smallest absolute Gasteiger partial charge is 0.249 e. The van der Waals surface area contributed by atoms with Gasteiger partial charge in [-0.1, -0.05) is 43.2 Å². The predicted octanol–water partition coefficient (Wildman–Crippen LogP) is 4.80. The first-order valence-corrected chi connectivity index (χ1v) is 11.3. The highest BCUT2D eigenvalue weighted by Crippen LogP contribution is 2.35. The first-order chi connectivity index (χ1) is 16.2. The van der Waals surface area contributed by atoms with Gasteiger partial charge in [0.2, 0.25) is 5.91 Å². The molecule has 2 aromatic carbocycles. The number of aromatic nitrogens is 3. The molecule has 1 amide bonds. The lowest BCUT2D eigenvalue weighted by atomic mass is 9.95. The van der Waals surface area contributed by atoms with Gasteiger partial charge in [0.05, 0.1) is 11.3 Å². The number of nitrogens with zero attached hydrogens (tertiary/aromatic N) is 3. The Balaban J connectivity index is 1.85. The monoisotopic (exact) mass is 440 g/mol. The number of hydrogen-bond acceptors (Lipinski definition) is 4. The van der Waals surface area contributed by atoms with Crippen molar-refractivity contribution in [1.29, 1.82) is 0 Å². The van der Waals surface area contributed by atoms with Gasteiger partial charge >= 0.3 is 0 Å². The second-order valence-electron chi connectivity index (χ2n) is 7.98. The molecule has 0 aliphatic heterocycles. The molecule has 2 heterocycles. The van der Waals surface area contributed by atoms with E-state index in [-0.39, 0.29) is 6.61 Å². The number of primary amides is 1. The van der Waals surface area contributed by atoms with Crippen molar-refractivity contribution in [3.8, 4) is 28.2 Å². The summed E-state index contributed by atoms with van der Waals surface area (Å²) in [6.07, 6.45) is 10.2. The number of nitrogens with two attached hydrogens (primary N) is 1. The maximum atomic E-state index is 12.5. The van der Waals surface area contributed by atoms with E-state index < -0.39 is 5.91 Å². The summed E-state index contributed by atoms with van der Waals surface area (Å²) in [5, 5.41) is 9.01. The van der Waals surface area contributed by atoms with Crippen molar-refractivity contribution in [3.63, 3.8) is 0 Å². The van der Waals surface area contributed by atoms with Gasteiger partial charge < -0.3 is 10.8 Å². The molecule has 4 rings (SSSR count). The first kappa shape index (κ1) is 22.4. The maximum Gasteiger partial charge on any atom is 0.249 e. The number of carbonyl (C=O) groups is 1. The minimum Gasteiger partial charge on any atom is -0.396 e. The molecule has 3 N–H and O–H groups in total. The molecule has 0 saturated heterocycles. The normalized spacial score (nSPS) is 10.9. The number of hydrogen-bond donors (Lipinski definition) is 2. The van der Waals surface area contributed by atoms with E-state index in [1.807, 2.05) is 65.4 Å². The van der Waals surface area contributed by atoms with Crippen molar-refractivity contribution >= 4 is 5.91 Å². The van der Waals surface area contributed by atoms with Crippen LogP contribution in [-0.2, 0) is 6.42 Å². The maximum absolute atomic E-state index is 12.5. The van der Waals surface area contributed by atoms with Crippen LogP contribution in [0.4, 0.5) is 0 Å². The van der Waals surface area contributed by atoms with Crippen LogP contribution in [0.5, 0.6) is 0 Å². The van der Waals surface area contributed by atoms with Crippen LogP contribution in [0.15, 0.2) is 79.3 Å². The van der Waals surface area contributed by atoms with Crippen LogP contribution < -0.4 is 5.73 Å². The molecule has 0 aliphatic rings. The summed E-state index contributed by atoms with van der Waals surface area (Å²) in [6, 6.07) is 19.4. The average Bonchev–Trinajstić information content (AvgIpc) is 3.28. The fourth-order valence-electron chi connectivity index (χ4n) is 4.05. The van der Waals surface area contributed by atoms with Crippen molar-refractivity contribution in [2.24, 2.45) is 5.73 Å². The molecule has 6 heteroatoms. The molecule has 0 spiro atoms. The lowest BCUT2D eigenvalue weighted by Gasteiger charge is -2.15. The van der Waals surface area contributed by atoms with E-state index >= 15 is 0 Å². The molecule has 6 nitrogen and oxygen atoms in total. The number of benzene rings is 2. The lowest BCUT2D eigenvalue weighted by molar-refractivity contribution is 0.100. The van der Waals surface area contributed by atoms with Crippen LogP contribution in [0.2, 0.25) is 0 Å². The SMILES string of the molecule is NC(=O)c1cccc(-c2ccncc2)c1-c1nc(CCCCCCO)cn1-c1ccccc1. The van der Waals surface area contributed by atoms with Gasteiger partial charge in [-0.25, -0.2) is 4.98 Å². The van der Waals surface area contributed by atoms with Gasteiger partial charge in [0, 0.05) is 36.4 Å². The van der Waals surface area contributed by atoms with Crippen molar-refractivity contribution in [1.82, 2.24) is 14.5 Å². The standard InChI is InChI=1S/C27H28N4O2/c28-26(33)24-13-8-12-23(20-14-16-29-17-15-20)25(24)27-30-21(9-4-1-2-7-18-32)19-31(27)22-10-5-3-6-11-22/h3,5-6,8,10-17,19,32H,1-2,4,7,9,18H2,(H2,28,33). The summed E-state index contributed by atoms with van der Waals surface area (Å²) in [6.45, 7) is 0.231. The Labute approximate surface area is 193 Å². The van der Waals surface area contributed by atoms with Crippen LogP contribution in [0, 0.1) is 0 Å². The number of aryl methyl sites for hydroxylation is 1. The highest BCUT2D eigenvalue weighted by molar-refractivity contribution is 6.03. The second kappa shape index (κ2) is 10.7. The molecule has 4 aromatic rings. The number of aliphatic hydroxyl groups is 1. The molecular weight excluding hydrogens is 412 g/mol. The topological polar surface area (TPSA) is 94.0 Å². The zero-order valence-corrected chi connectivity index (χ0v) is 18.5. The van der Waals surface area contributed by atoms with Crippen molar-refractivity contribution in [2.45, 2.75) is 32.1 Å². The summed E-state index contributed by atoms with van der Waals surface area (Å²) in [4.78, 5) is 21.6. The zero-order valence-electron chi connectivity index (χ0n) is 18.5. The van der Waals surface area contributed by atoms with E-state index in [2.05, 4.69) is 4.98 Å². The molecule has 0 saturated carbocycles. The third kappa shape index (κ3) is 5.18. The Morgan fingerprint density at radius 2 is 1.67 bits per heavy atom. The number of imidazole rings is 1. The number of carbonyl (C=O) groups excluding carboxylic acids is 1. The Kier molecular flexibility index (Phi) is 7.27. The van der Waals surface area contributed by atoms with Crippen LogP contribution in [0.25, 0.3) is 28.2 Å². The molecule has 0 bridgehead atoms. The van der Waals surface area contributed by atoms with Gasteiger partial charge in [-0.05, 0) is 60.7 Å². The van der Waals surface area contributed by atoms with Gasteiger partial charge in [0.1, 0.15) is 5.82 Å². The first-order valence-electron chi connectivity index (χ1n) is 11.3. The predicted molar refractivity (Wildman–Crippen MR) is 130 cm³/mol. The number of para-hydroxylation sites is 1. The molecule has 33 heavy (non-hydrogen) atoms. The van der Waals surface area contributed by atoms with Gasteiger partial charge in [-0.2, -0.15) is 0 Å². The number of unbranched alkanes of at least 4 members (excludes halogenated alkanes) is 3. The van der Waals surface area contributed by atoms with Crippen molar-refractivity contribution < 1.29 is 9.90 Å². The van der Waals surface area contributed by atoms with Crippen molar-refractivity contribution in [3.05, 3.63) is 90.5 Å². The van der Waals surface area contributed by atoms with Crippen LogP contribution in [-0.4, -0.2) is 32.2 Å². The summed E-state index contributed by atoms with van der Waals surface area (Å²) in [5.41, 5.74) is 10.7. The van der Waals surface area contributed by atoms with E-state index in [0.717, 1.165) is 54.6 Å². The summed E-state index contributed by atoms with van der Waals surface area (Å²) in [7, 11) is 0. The third-order valence-electron chi connectivity index (χ3n) is 5.68. The molecule has 2 aromatic heterocycles. The minimum absolute atomic E-state index is 0.231. The summed E-state index contributed by atoms with van der Waals surface area (Å²) in [5.74, 6) is 0.196. The Morgan fingerprint density at radius 3 is 2.39 bits per heavy atom. The molecule has 168 valence electrons. The van der Waals surface area contributed by atoms with E-state index in [1.165, 1.54) is 0 Å². The third-order valence-corrected chi connectivity index (χ3v) is 5.68. The van der Waals surface area contributed by atoms with Crippen molar-refractivity contribution in [2.75, 3.05) is 6.61 Å². The quantitative estimate of drug-likeness (QED) is 0.347. The molecule has 0 radical (unpaired) electrons. The summed E-state index contributed by atoms with van der Waals surface area (Å²) >= 11 is 0. The Hall–Kier alpha value is -3.77. The largest absolute Gasteiger partial charge is 0.396 e. The minimum atomic E-state index is -0.492. The summed E-state index contributed by atoms with van der Waals surface area (Å²) < 4.78 is 2.04. The van der Waals surface area contributed by atoms with Gasteiger partial charge in [-0.3, -0.25) is 14.3 Å². The van der Waals surface area contributed by atoms with Gasteiger partial charge in [0.15, 0.2) is 0 Å². The highest BCUT2D eigenvalue weighted by atomic mass is 16.2. The number of rotatable bonds is 10. The average molecular weight is 441 g/mol. The molecule has 0 unspecified atom stereocenters. The Morgan fingerprint density at radius 1 is 0.909 bits per heavy atom. The molecule has 0 atom stereocenters. The molecular formula is C27H28N4O2. The number of aliphatic hydroxyl groups excluding tert-OH is 1. The van der Waals surface area contributed by atoms with Crippen LogP contribution in [0.1, 0.15) is 41.7 Å². The zero-order chi connectivity index (χ0) is 23.0. The fourth-order valence-corrected chi connectivity index (χ4v) is 4.05. The number of amides is 1. The van der Waals surface area contributed by atoms with E-state index in [9.17, 15) is 4.79 Å². The van der Waals surface area contributed by atoms with Crippen LogP contribution in [0.3, 0.4) is 0 Å². The highest BCUT2D eigenvalue weighted by Gasteiger charge is 2.21. The molecule has 0 aliphatic carbocycles. The second-order valence-corrected chi connectivity index (χ2v) is 7.98. The molecule has 0 fully saturated rings. The van der Waals surface area contributed by atoms with E-state index in [0.29, 0.717) is 17.0 Å². The van der Waals surface area contributed by atoms with E-state index in [1.54, 1.807) is 18.5 Å². The van der Waals surface area contributed by atoms with E-state index in [4.69, 9.17) is 15.8 Å². The van der Waals surface area contributed by atoms with Gasteiger partial charge in [-0.15, -0.1) is 0 Å². The lowest BCUT2D eigenvalue weighted by Crippen LogP contribution is -2.14. The fraction of sp³-hybridized carbons (Fsp3) is 0.222. The van der Waals surface area contributed by atoms with Gasteiger partial charge in [0.25, 0.3) is 0 Å². The van der Waals surface area contributed by atoms with Crippen LogP contribution >= 0.6 is 0 Å². The Bertz CT molecular complexity index is 1200. The number of pyridine rings is 1.